The number of nitrogens with two attached hydrogens (primary N) is 1. The average Bonchev–Trinajstić information content (AvgIpc) is 2.00. The summed E-state index contributed by atoms with van der Waals surface area (Å²) >= 11 is 0. The second kappa shape index (κ2) is 3.70. The molecule has 1 aromatic rings. The molecule has 0 aliphatic heterocycles. The molecule has 0 aliphatic carbocycles. The number of primary sulfonamides is 1. The predicted octanol–water partition coefficient (Wildman–Crippen LogP) is 0.681. The zero-order valence-electron chi connectivity index (χ0n) is 7.61. The number of halogens is 2. The van der Waals surface area contributed by atoms with Gasteiger partial charge in [0.2, 0.25) is 5.03 Å². The first-order chi connectivity index (χ1) is 6.75. The summed E-state index contributed by atoms with van der Waals surface area (Å²) in [5.41, 5.74) is -0.774. The molecule has 0 amide bonds. The number of rotatable bonds is 2. The Morgan fingerprint density at radius 1 is 1.53 bits per heavy atom. The van der Waals surface area contributed by atoms with Crippen LogP contribution < -0.4 is 5.14 Å². The van der Waals surface area contributed by atoms with Gasteiger partial charge in [0.15, 0.2) is 5.75 Å². The third-order valence-corrected chi connectivity index (χ3v) is 2.58. The molecule has 0 unspecified atom stereocenters. The minimum absolute atomic E-state index is 0.00472. The van der Waals surface area contributed by atoms with E-state index in [-0.39, 0.29) is 5.56 Å². The molecule has 0 atom stereocenters. The molecular weight excluding hydrogens is 230 g/mol. The van der Waals surface area contributed by atoms with Crippen LogP contribution in [0.2, 0.25) is 0 Å². The highest BCUT2D eigenvalue weighted by atomic mass is 32.2. The van der Waals surface area contributed by atoms with Crippen molar-refractivity contribution >= 4 is 10.0 Å². The van der Waals surface area contributed by atoms with E-state index in [0.29, 0.717) is 0 Å². The standard InChI is InChI=1S/C7H8F2N2O3S/c1-3-2-11-7(15(10,13)14)5(12)4(3)6(8)9/h2,6,12H,1H3,(H2,10,13,14). The van der Waals surface area contributed by atoms with Crippen molar-refractivity contribution in [3.8, 4) is 5.75 Å². The molecular formula is C7H8F2N2O3S. The van der Waals surface area contributed by atoms with E-state index in [1.165, 1.54) is 6.92 Å². The lowest BCUT2D eigenvalue weighted by Crippen LogP contribution is -2.15. The Labute approximate surface area is 84.6 Å². The Morgan fingerprint density at radius 3 is 2.47 bits per heavy atom. The smallest absolute Gasteiger partial charge is 0.267 e. The van der Waals surface area contributed by atoms with Gasteiger partial charge in [0.25, 0.3) is 16.4 Å². The van der Waals surface area contributed by atoms with Crippen molar-refractivity contribution in [2.24, 2.45) is 5.14 Å². The summed E-state index contributed by atoms with van der Waals surface area (Å²) in [6.07, 6.45) is -2.07. The van der Waals surface area contributed by atoms with Crippen LogP contribution in [-0.2, 0) is 10.0 Å². The van der Waals surface area contributed by atoms with E-state index < -0.39 is 32.8 Å². The second-order valence-corrected chi connectivity index (χ2v) is 4.33. The summed E-state index contributed by atoms with van der Waals surface area (Å²) in [6.45, 7) is 1.28. The number of hydrogen-bond donors (Lipinski definition) is 2. The van der Waals surface area contributed by atoms with Gasteiger partial charge in [0.1, 0.15) is 0 Å². The number of aromatic hydroxyl groups is 1. The van der Waals surface area contributed by atoms with Crippen LogP contribution in [0.4, 0.5) is 8.78 Å². The molecule has 0 radical (unpaired) electrons. The fraction of sp³-hybridized carbons (Fsp3) is 0.286. The van der Waals surface area contributed by atoms with Gasteiger partial charge in [-0.05, 0) is 12.5 Å². The van der Waals surface area contributed by atoms with Crippen molar-refractivity contribution in [3.05, 3.63) is 17.3 Å². The molecule has 1 aromatic heterocycles. The number of sulfonamides is 1. The largest absolute Gasteiger partial charge is 0.504 e. The lowest BCUT2D eigenvalue weighted by Gasteiger charge is -2.09. The predicted molar refractivity (Wildman–Crippen MR) is 47.0 cm³/mol. The van der Waals surface area contributed by atoms with Crippen LogP contribution in [0.1, 0.15) is 17.6 Å². The van der Waals surface area contributed by atoms with Crippen LogP contribution in [-0.4, -0.2) is 18.5 Å². The lowest BCUT2D eigenvalue weighted by molar-refractivity contribution is 0.145. The van der Waals surface area contributed by atoms with E-state index in [9.17, 15) is 22.3 Å². The lowest BCUT2D eigenvalue weighted by atomic mass is 10.1. The quantitative estimate of drug-likeness (QED) is 0.792. The molecule has 15 heavy (non-hydrogen) atoms. The molecule has 8 heteroatoms. The molecule has 3 N–H and O–H groups in total. The summed E-state index contributed by atoms with van der Waals surface area (Å²) < 4.78 is 46.6. The average molecular weight is 238 g/mol. The van der Waals surface area contributed by atoms with Crippen molar-refractivity contribution in [2.75, 3.05) is 0 Å². The number of hydrogen-bond acceptors (Lipinski definition) is 4. The molecule has 84 valence electrons. The molecule has 0 aliphatic rings. The summed E-state index contributed by atoms with van der Waals surface area (Å²) in [5.74, 6) is -1.09. The number of aryl methyl sites for hydroxylation is 1. The molecule has 0 spiro atoms. The third kappa shape index (κ3) is 2.21. The van der Waals surface area contributed by atoms with Crippen molar-refractivity contribution < 1.29 is 22.3 Å². The Hall–Kier alpha value is -1.28. The van der Waals surface area contributed by atoms with Gasteiger partial charge in [0.05, 0.1) is 5.56 Å². The topological polar surface area (TPSA) is 93.3 Å². The third-order valence-electron chi connectivity index (χ3n) is 1.75. The first kappa shape index (κ1) is 11.8. The second-order valence-electron chi connectivity index (χ2n) is 2.85. The summed E-state index contributed by atoms with van der Waals surface area (Å²) in [5, 5.41) is 13.0. The zero-order chi connectivity index (χ0) is 11.8. The van der Waals surface area contributed by atoms with Crippen molar-refractivity contribution in [1.82, 2.24) is 4.98 Å². The summed E-state index contributed by atoms with van der Waals surface area (Å²) in [7, 11) is -4.30. The van der Waals surface area contributed by atoms with Crippen LogP contribution in [0.5, 0.6) is 5.75 Å². The van der Waals surface area contributed by atoms with E-state index in [0.717, 1.165) is 6.20 Å². The molecule has 1 rings (SSSR count). The molecule has 0 fully saturated rings. The Morgan fingerprint density at radius 2 is 2.07 bits per heavy atom. The van der Waals surface area contributed by atoms with Gasteiger partial charge in [-0.25, -0.2) is 27.3 Å². The molecule has 0 aromatic carbocycles. The fourth-order valence-electron chi connectivity index (χ4n) is 1.07. The maximum absolute atomic E-state index is 12.4. The normalized spacial score (nSPS) is 12.1. The van der Waals surface area contributed by atoms with Crippen LogP contribution in [0.15, 0.2) is 11.2 Å². The van der Waals surface area contributed by atoms with Crippen molar-refractivity contribution in [3.63, 3.8) is 0 Å². The molecule has 0 saturated heterocycles. The van der Waals surface area contributed by atoms with Crippen LogP contribution in [0.25, 0.3) is 0 Å². The van der Waals surface area contributed by atoms with Gasteiger partial charge in [-0.1, -0.05) is 0 Å². The monoisotopic (exact) mass is 238 g/mol. The van der Waals surface area contributed by atoms with Crippen LogP contribution in [0.3, 0.4) is 0 Å². The number of pyridine rings is 1. The Balaban J connectivity index is 3.56. The van der Waals surface area contributed by atoms with Gasteiger partial charge < -0.3 is 5.11 Å². The highest BCUT2D eigenvalue weighted by Crippen LogP contribution is 2.34. The van der Waals surface area contributed by atoms with Gasteiger partial charge >= 0.3 is 0 Å². The van der Waals surface area contributed by atoms with Gasteiger partial charge in [-0.2, -0.15) is 0 Å². The number of aromatic nitrogens is 1. The first-order valence-corrected chi connectivity index (χ1v) is 5.29. The van der Waals surface area contributed by atoms with Crippen LogP contribution in [0, 0.1) is 6.92 Å². The van der Waals surface area contributed by atoms with E-state index >= 15 is 0 Å². The Bertz CT molecular complexity index is 487. The van der Waals surface area contributed by atoms with E-state index in [2.05, 4.69) is 10.1 Å². The van der Waals surface area contributed by atoms with E-state index in [4.69, 9.17) is 0 Å². The van der Waals surface area contributed by atoms with Crippen molar-refractivity contribution in [2.45, 2.75) is 18.4 Å². The first-order valence-electron chi connectivity index (χ1n) is 3.74. The maximum Gasteiger partial charge on any atom is 0.267 e. The number of nitrogens with zero attached hydrogens (tertiary/aromatic N) is 1. The molecule has 1 heterocycles. The highest BCUT2D eigenvalue weighted by molar-refractivity contribution is 7.89. The van der Waals surface area contributed by atoms with Gasteiger partial charge in [0, 0.05) is 6.20 Å². The van der Waals surface area contributed by atoms with Crippen LogP contribution >= 0.6 is 0 Å². The molecule has 0 bridgehead atoms. The Kier molecular flexibility index (Phi) is 2.91. The SMILES string of the molecule is Cc1cnc(S(N)(=O)=O)c(O)c1C(F)F. The van der Waals surface area contributed by atoms with Gasteiger partial charge in [-0.3, -0.25) is 0 Å². The molecule has 5 nitrogen and oxygen atoms in total. The minimum Gasteiger partial charge on any atom is -0.504 e. The minimum atomic E-state index is -4.30. The van der Waals surface area contributed by atoms with Gasteiger partial charge in [-0.15, -0.1) is 0 Å². The van der Waals surface area contributed by atoms with Crippen molar-refractivity contribution in [1.29, 1.82) is 0 Å². The fourth-order valence-corrected chi connectivity index (χ4v) is 1.65. The number of alkyl halides is 2. The summed E-state index contributed by atoms with van der Waals surface area (Å²) in [4.78, 5) is 3.30. The summed E-state index contributed by atoms with van der Waals surface area (Å²) in [6, 6.07) is 0. The molecule has 0 saturated carbocycles. The van der Waals surface area contributed by atoms with E-state index in [1.54, 1.807) is 0 Å². The highest BCUT2D eigenvalue weighted by Gasteiger charge is 2.24. The zero-order valence-corrected chi connectivity index (χ0v) is 8.42. The maximum atomic E-state index is 12.4. The van der Waals surface area contributed by atoms with E-state index in [1.807, 2.05) is 0 Å².